The van der Waals surface area contributed by atoms with Gasteiger partial charge in [0.1, 0.15) is 5.82 Å². The zero-order valence-electron chi connectivity index (χ0n) is 13.1. The van der Waals surface area contributed by atoms with Crippen LogP contribution in [0.25, 0.3) is 0 Å². The lowest BCUT2D eigenvalue weighted by atomic mass is 10.1. The highest BCUT2D eigenvalue weighted by Gasteiger charge is 2.22. The van der Waals surface area contributed by atoms with Gasteiger partial charge in [-0.1, -0.05) is 26.8 Å². The van der Waals surface area contributed by atoms with Crippen molar-refractivity contribution in [3.05, 3.63) is 29.6 Å². The molecule has 0 heterocycles. The Bertz CT molecular complexity index is 559. The van der Waals surface area contributed by atoms with E-state index in [-0.39, 0.29) is 16.9 Å². The van der Waals surface area contributed by atoms with Gasteiger partial charge in [0.15, 0.2) is 0 Å². The molecular formula is C15H25FN2O2S. The summed E-state index contributed by atoms with van der Waals surface area (Å²) in [6, 6.07) is 3.67. The molecular weight excluding hydrogens is 291 g/mol. The summed E-state index contributed by atoms with van der Waals surface area (Å²) in [5, 5.41) is 3.14. The highest BCUT2D eigenvalue weighted by molar-refractivity contribution is 7.89. The van der Waals surface area contributed by atoms with Gasteiger partial charge >= 0.3 is 0 Å². The van der Waals surface area contributed by atoms with Crippen LogP contribution in [-0.4, -0.2) is 21.0 Å². The second-order valence-electron chi connectivity index (χ2n) is 5.58. The molecule has 0 aliphatic heterocycles. The van der Waals surface area contributed by atoms with E-state index >= 15 is 0 Å². The van der Waals surface area contributed by atoms with Crippen LogP contribution in [0.1, 0.15) is 39.7 Å². The first-order valence-corrected chi connectivity index (χ1v) is 8.77. The molecule has 0 aliphatic carbocycles. The first-order chi connectivity index (χ1) is 9.77. The quantitative estimate of drug-likeness (QED) is 0.725. The SMILES string of the molecule is CCCNCc1ccc(F)cc1S(=O)(=O)NC(C)C(C)C. The predicted molar refractivity (Wildman–Crippen MR) is 83.0 cm³/mol. The van der Waals surface area contributed by atoms with E-state index < -0.39 is 15.8 Å². The maximum absolute atomic E-state index is 13.4. The number of rotatable bonds is 8. The van der Waals surface area contributed by atoms with Crippen LogP contribution in [0.2, 0.25) is 0 Å². The van der Waals surface area contributed by atoms with Gasteiger partial charge in [-0.3, -0.25) is 0 Å². The molecule has 0 spiro atoms. The smallest absolute Gasteiger partial charge is 0.241 e. The van der Waals surface area contributed by atoms with Crippen molar-refractivity contribution >= 4 is 10.0 Å². The lowest BCUT2D eigenvalue weighted by molar-refractivity contribution is 0.475. The molecule has 1 aromatic rings. The number of benzene rings is 1. The zero-order chi connectivity index (χ0) is 16.0. The van der Waals surface area contributed by atoms with Crippen molar-refractivity contribution in [3.8, 4) is 0 Å². The molecule has 120 valence electrons. The second kappa shape index (κ2) is 7.87. The molecule has 0 saturated heterocycles. The van der Waals surface area contributed by atoms with Gasteiger partial charge in [-0.25, -0.2) is 17.5 Å². The van der Waals surface area contributed by atoms with Crippen LogP contribution in [0.3, 0.4) is 0 Å². The van der Waals surface area contributed by atoms with Gasteiger partial charge in [0.2, 0.25) is 10.0 Å². The molecule has 4 nitrogen and oxygen atoms in total. The van der Waals surface area contributed by atoms with Gasteiger partial charge in [0.25, 0.3) is 0 Å². The summed E-state index contributed by atoms with van der Waals surface area (Å²) >= 11 is 0. The van der Waals surface area contributed by atoms with Crippen molar-refractivity contribution in [2.45, 2.75) is 51.6 Å². The normalized spacial score (nSPS) is 13.6. The van der Waals surface area contributed by atoms with Crippen LogP contribution < -0.4 is 10.0 Å². The van der Waals surface area contributed by atoms with Crippen LogP contribution in [0, 0.1) is 11.7 Å². The predicted octanol–water partition coefficient (Wildman–Crippen LogP) is 2.65. The van der Waals surface area contributed by atoms with E-state index in [0.717, 1.165) is 19.0 Å². The van der Waals surface area contributed by atoms with E-state index in [1.54, 1.807) is 6.92 Å². The first-order valence-electron chi connectivity index (χ1n) is 7.29. The topological polar surface area (TPSA) is 58.2 Å². The van der Waals surface area contributed by atoms with Crippen molar-refractivity contribution in [3.63, 3.8) is 0 Å². The molecule has 2 N–H and O–H groups in total. The van der Waals surface area contributed by atoms with E-state index in [2.05, 4.69) is 10.0 Å². The van der Waals surface area contributed by atoms with Crippen molar-refractivity contribution < 1.29 is 12.8 Å². The molecule has 0 aromatic heterocycles. The maximum atomic E-state index is 13.4. The summed E-state index contributed by atoms with van der Waals surface area (Å²) in [5.74, 6) is -0.387. The minimum atomic E-state index is -3.72. The summed E-state index contributed by atoms with van der Waals surface area (Å²) in [6.07, 6.45) is 0.950. The largest absolute Gasteiger partial charge is 0.313 e. The molecule has 0 saturated carbocycles. The Hall–Kier alpha value is -0.980. The van der Waals surface area contributed by atoms with E-state index in [0.29, 0.717) is 12.1 Å². The second-order valence-corrected chi connectivity index (χ2v) is 7.27. The fourth-order valence-electron chi connectivity index (χ4n) is 1.77. The summed E-state index contributed by atoms with van der Waals surface area (Å²) in [7, 11) is -3.72. The molecule has 6 heteroatoms. The minimum absolute atomic E-state index is 0.0126. The number of halogens is 1. The highest BCUT2D eigenvalue weighted by atomic mass is 32.2. The van der Waals surface area contributed by atoms with Crippen LogP contribution in [0.15, 0.2) is 23.1 Å². The molecule has 0 aliphatic rings. The van der Waals surface area contributed by atoms with Crippen molar-refractivity contribution in [1.82, 2.24) is 10.0 Å². The fourth-order valence-corrected chi connectivity index (χ4v) is 3.41. The molecule has 0 bridgehead atoms. The Kier molecular flexibility index (Phi) is 6.77. The number of sulfonamides is 1. The van der Waals surface area contributed by atoms with Crippen LogP contribution in [0.5, 0.6) is 0 Å². The molecule has 0 amide bonds. The number of nitrogens with one attached hydrogen (secondary N) is 2. The monoisotopic (exact) mass is 316 g/mol. The average molecular weight is 316 g/mol. The molecule has 1 atom stereocenters. The van der Waals surface area contributed by atoms with Crippen LogP contribution >= 0.6 is 0 Å². The summed E-state index contributed by atoms with van der Waals surface area (Å²) in [6.45, 7) is 8.88. The molecule has 1 aromatic carbocycles. The van der Waals surface area contributed by atoms with E-state index in [9.17, 15) is 12.8 Å². The Morgan fingerprint density at radius 2 is 1.90 bits per heavy atom. The van der Waals surface area contributed by atoms with E-state index in [4.69, 9.17) is 0 Å². The summed E-state index contributed by atoms with van der Waals surface area (Å²) < 4.78 is 41.0. The molecule has 0 radical (unpaired) electrons. The zero-order valence-corrected chi connectivity index (χ0v) is 13.9. The highest BCUT2D eigenvalue weighted by Crippen LogP contribution is 2.18. The Morgan fingerprint density at radius 3 is 2.48 bits per heavy atom. The molecule has 1 rings (SSSR count). The molecule has 21 heavy (non-hydrogen) atoms. The van der Waals surface area contributed by atoms with Gasteiger partial charge in [-0.15, -0.1) is 0 Å². The van der Waals surface area contributed by atoms with Crippen LogP contribution in [-0.2, 0) is 16.6 Å². The molecule has 1 unspecified atom stereocenters. The lowest BCUT2D eigenvalue weighted by Crippen LogP contribution is -2.36. The van der Waals surface area contributed by atoms with Crippen molar-refractivity contribution in [2.24, 2.45) is 5.92 Å². The van der Waals surface area contributed by atoms with Gasteiger partial charge < -0.3 is 5.32 Å². The average Bonchev–Trinajstić information content (AvgIpc) is 2.40. The van der Waals surface area contributed by atoms with E-state index in [1.165, 1.54) is 12.1 Å². The van der Waals surface area contributed by atoms with Gasteiger partial charge in [0.05, 0.1) is 4.90 Å². The van der Waals surface area contributed by atoms with Crippen molar-refractivity contribution in [1.29, 1.82) is 0 Å². The summed E-state index contributed by atoms with van der Waals surface area (Å²) in [4.78, 5) is 0.0126. The van der Waals surface area contributed by atoms with E-state index in [1.807, 2.05) is 20.8 Å². The third-order valence-electron chi connectivity index (χ3n) is 3.40. The first kappa shape index (κ1) is 18.1. The van der Waals surface area contributed by atoms with Gasteiger partial charge in [-0.2, -0.15) is 0 Å². The third-order valence-corrected chi connectivity index (χ3v) is 5.04. The lowest BCUT2D eigenvalue weighted by Gasteiger charge is -2.19. The summed E-state index contributed by atoms with van der Waals surface area (Å²) in [5.41, 5.74) is 0.577. The minimum Gasteiger partial charge on any atom is -0.313 e. The Labute approximate surface area is 127 Å². The van der Waals surface area contributed by atoms with Crippen LogP contribution in [0.4, 0.5) is 4.39 Å². The number of hydrogen-bond acceptors (Lipinski definition) is 3. The Morgan fingerprint density at radius 1 is 1.24 bits per heavy atom. The van der Waals surface area contributed by atoms with Crippen molar-refractivity contribution in [2.75, 3.05) is 6.54 Å². The maximum Gasteiger partial charge on any atom is 0.241 e. The van der Waals surface area contributed by atoms with Gasteiger partial charge in [-0.05, 0) is 43.5 Å². The Balaban J connectivity index is 3.05. The van der Waals surface area contributed by atoms with Gasteiger partial charge in [0, 0.05) is 12.6 Å². The standard InChI is InChI=1S/C15H25FN2O2S/c1-5-8-17-10-13-6-7-14(16)9-15(13)21(19,20)18-12(4)11(2)3/h6-7,9,11-12,17-18H,5,8,10H2,1-4H3. The third kappa shape index (κ3) is 5.37. The fraction of sp³-hybridized carbons (Fsp3) is 0.600. The number of hydrogen-bond donors (Lipinski definition) is 2. The molecule has 0 fully saturated rings.